The van der Waals surface area contributed by atoms with Gasteiger partial charge in [0, 0.05) is 18.8 Å². The summed E-state index contributed by atoms with van der Waals surface area (Å²) >= 11 is 3.53. The van der Waals surface area contributed by atoms with E-state index in [1.165, 1.54) is 49.9 Å². The minimum absolute atomic E-state index is 0.580. The van der Waals surface area contributed by atoms with E-state index < -0.39 is 0 Å². The molecule has 0 N–H and O–H groups in total. The van der Waals surface area contributed by atoms with Crippen LogP contribution in [0.25, 0.3) is 0 Å². The number of hydrogen-bond donors (Lipinski definition) is 1. The molecular weight excluding hydrogens is 406 g/mol. The predicted octanol–water partition coefficient (Wildman–Crippen LogP) is 9.39. The normalized spacial score (nSPS) is 20.9. The molecule has 2 unspecified atom stereocenters. The van der Waals surface area contributed by atoms with E-state index in [2.05, 4.69) is 79.8 Å². The molecule has 1 heterocycles. The summed E-state index contributed by atoms with van der Waals surface area (Å²) in [6.45, 7) is 28.0. The third kappa shape index (κ3) is 5.96. The van der Waals surface area contributed by atoms with E-state index in [0.717, 1.165) is 11.8 Å². The molecule has 0 amide bonds. The summed E-state index contributed by atoms with van der Waals surface area (Å²) in [6, 6.07) is 0. The molecule has 32 heavy (non-hydrogen) atoms. The average Bonchev–Trinajstić information content (AvgIpc) is 3.30. The van der Waals surface area contributed by atoms with Gasteiger partial charge >= 0.3 is 0 Å². The van der Waals surface area contributed by atoms with E-state index >= 15 is 0 Å². The zero-order valence-corrected chi connectivity index (χ0v) is 24.3. The highest BCUT2D eigenvalue weighted by molar-refractivity contribution is 7.79. The van der Waals surface area contributed by atoms with Crippen molar-refractivity contribution >= 4 is 18.3 Å². The van der Waals surface area contributed by atoms with Crippen molar-refractivity contribution in [3.05, 3.63) is 39.0 Å². The first-order chi connectivity index (χ1) is 15.1. The van der Waals surface area contributed by atoms with Crippen molar-refractivity contribution in [1.29, 1.82) is 0 Å². The first kappa shape index (κ1) is 29.1. The van der Waals surface area contributed by atoms with E-state index in [9.17, 15) is 0 Å². The summed E-state index contributed by atoms with van der Waals surface area (Å²) < 4.78 is 0. The maximum Gasteiger partial charge on any atom is 0.0442 e. The van der Waals surface area contributed by atoms with Gasteiger partial charge in [0.15, 0.2) is 0 Å². The van der Waals surface area contributed by atoms with Crippen LogP contribution in [0.4, 0.5) is 5.69 Å². The molecule has 1 aliphatic carbocycles. The van der Waals surface area contributed by atoms with Gasteiger partial charge < -0.3 is 4.90 Å². The molecule has 0 radical (unpaired) electrons. The first-order valence-corrected chi connectivity index (χ1v) is 14.0. The van der Waals surface area contributed by atoms with Crippen molar-refractivity contribution in [1.82, 2.24) is 0 Å². The lowest BCUT2D eigenvalue weighted by Gasteiger charge is -2.39. The molecule has 1 nitrogen and oxygen atoms in total. The molecule has 2 atom stereocenters. The van der Waals surface area contributed by atoms with Crippen molar-refractivity contribution in [2.45, 2.75) is 114 Å². The highest BCUT2D eigenvalue weighted by Gasteiger charge is 2.34. The maximum atomic E-state index is 3.53. The van der Waals surface area contributed by atoms with Gasteiger partial charge in [-0.2, -0.15) is 12.6 Å². The summed E-state index contributed by atoms with van der Waals surface area (Å²) in [5.74, 6) is 2.71. The molecule has 0 bridgehead atoms. The van der Waals surface area contributed by atoms with Gasteiger partial charge in [0.2, 0.25) is 0 Å². The number of allylic oxidation sites excluding steroid dienone is 2. The Kier molecular flexibility index (Phi) is 11.9. The zero-order valence-electron chi connectivity index (χ0n) is 23.4. The minimum atomic E-state index is 0.580. The van der Waals surface area contributed by atoms with Crippen molar-refractivity contribution in [3.8, 4) is 0 Å². The van der Waals surface area contributed by atoms with Crippen molar-refractivity contribution in [2.75, 3.05) is 24.2 Å². The zero-order chi connectivity index (χ0) is 24.7. The standard InChI is InChI=1S/C27H43N.C2H6.CH4S/c1-16(2)24-15-23(14-18(5)19(24)6)26-22(9)20(7)21(8)25(17(3)4)27(26)28-12-10-11-13-28;2*1-2/h16-17,23-24H,10-15H2,1-9H3;1-2H3;2H,1H3. The van der Waals surface area contributed by atoms with Crippen LogP contribution in [0.1, 0.15) is 121 Å². The van der Waals surface area contributed by atoms with Crippen LogP contribution in [0, 0.1) is 32.6 Å². The predicted molar refractivity (Wildman–Crippen MR) is 151 cm³/mol. The Hall–Kier alpha value is -0.890. The molecule has 1 aromatic rings. The summed E-state index contributed by atoms with van der Waals surface area (Å²) in [6.07, 6.45) is 6.96. The van der Waals surface area contributed by atoms with Crippen LogP contribution in [0.5, 0.6) is 0 Å². The quantitative estimate of drug-likeness (QED) is 0.346. The summed E-state index contributed by atoms with van der Waals surface area (Å²) in [5, 5.41) is 0. The van der Waals surface area contributed by atoms with Gasteiger partial charge in [0.1, 0.15) is 0 Å². The van der Waals surface area contributed by atoms with Crippen molar-refractivity contribution < 1.29 is 0 Å². The fraction of sp³-hybridized carbons (Fsp3) is 0.733. The van der Waals surface area contributed by atoms with Crippen LogP contribution < -0.4 is 4.90 Å². The molecule has 0 aromatic heterocycles. The SMILES string of the molecule is CC.CC1=C(C)C(C(C)C)CC(c2c(C)c(C)c(C)c(C(C)C)c2N2CCCC2)C1.CS. The van der Waals surface area contributed by atoms with Gasteiger partial charge in [-0.05, 0) is 118 Å². The van der Waals surface area contributed by atoms with Crippen molar-refractivity contribution in [2.24, 2.45) is 11.8 Å². The Morgan fingerprint density at radius 2 is 1.34 bits per heavy atom. The van der Waals surface area contributed by atoms with E-state index in [0.29, 0.717) is 11.8 Å². The van der Waals surface area contributed by atoms with E-state index in [-0.39, 0.29) is 0 Å². The second-order valence-corrected chi connectivity index (χ2v) is 10.4. The lowest BCUT2D eigenvalue weighted by molar-refractivity contribution is 0.355. The molecule has 0 saturated carbocycles. The third-order valence-corrected chi connectivity index (χ3v) is 7.98. The molecule has 1 aliphatic heterocycles. The molecule has 1 fully saturated rings. The van der Waals surface area contributed by atoms with Crippen LogP contribution in [0.15, 0.2) is 11.1 Å². The second-order valence-electron chi connectivity index (χ2n) is 10.4. The highest BCUT2D eigenvalue weighted by Crippen LogP contribution is 2.49. The van der Waals surface area contributed by atoms with Crippen LogP contribution in [0.2, 0.25) is 0 Å². The number of rotatable bonds is 4. The number of nitrogens with zero attached hydrogens (tertiary/aromatic N) is 1. The Balaban J connectivity index is 0.00000121. The molecule has 3 rings (SSSR count). The molecular formula is C30H53NS. The molecule has 2 heteroatoms. The van der Waals surface area contributed by atoms with Crippen LogP contribution in [-0.2, 0) is 0 Å². The van der Waals surface area contributed by atoms with E-state index in [4.69, 9.17) is 0 Å². The number of anilines is 1. The topological polar surface area (TPSA) is 3.24 Å². The van der Waals surface area contributed by atoms with Gasteiger partial charge in [0.25, 0.3) is 0 Å². The van der Waals surface area contributed by atoms with Gasteiger partial charge in [-0.25, -0.2) is 0 Å². The van der Waals surface area contributed by atoms with Gasteiger partial charge in [-0.1, -0.05) is 52.7 Å². The molecule has 1 aromatic carbocycles. The Morgan fingerprint density at radius 1 is 0.812 bits per heavy atom. The smallest absolute Gasteiger partial charge is 0.0442 e. The average molecular weight is 460 g/mol. The largest absolute Gasteiger partial charge is 0.371 e. The van der Waals surface area contributed by atoms with Gasteiger partial charge in [-0.3, -0.25) is 0 Å². The maximum absolute atomic E-state index is 3.53. The Bertz CT molecular complexity index is 766. The first-order valence-electron chi connectivity index (χ1n) is 13.1. The molecule has 1 saturated heterocycles. The van der Waals surface area contributed by atoms with Gasteiger partial charge in [0.05, 0.1) is 0 Å². The van der Waals surface area contributed by atoms with Crippen LogP contribution in [0.3, 0.4) is 0 Å². The summed E-state index contributed by atoms with van der Waals surface area (Å²) in [4.78, 5) is 2.75. The lowest BCUT2D eigenvalue weighted by atomic mass is 9.69. The van der Waals surface area contributed by atoms with Crippen molar-refractivity contribution in [3.63, 3.8) is 0 Å². The minimum Gasteiger partial charge on any atom is -0.371 e. The monoisotopic (exact) mass is 459 g/mol. The number of thiol groups is 1. The lowest BCUT2D eigenvalue weighted by Crippen LogP contribution is -2.27. The van der Waals surface area contributed by atoms with E-state index in [1.54, 1.807) is 39.8 Å². The van der Waals surface area contributed by atoms with Gasteiger partial charge in [-0.15, -0.1) is 0 Å². The third-order valence-electron chi connectivity index (χ3n) is 7.98. The summed E-state index contributed by atoms with van der Waals surface area (Å²) in [7, 11) is 0. The fourth-order valence-electron chi connectivity index (χ4n) is 6.08. The molecule has 184 valence electrons. The Morgan fingerprint density at radius 3 is 1.81 bits per heavy atom. The van der Waals surface area contributed by atoms with Crippen LogP contribution >= 0.6 is 12.6 Å². The summed E-state index contributed by atoms with van der Waals surface area (Å²) in [5.41, 5.74) is 12.9. The Labute approximate surface area is 206 Å². The number of benzene rings is 1. The second kappa shape index (κ2) is 13.1. The number of hydrogen-bond acceptors (Lipinski definition) is 2. The highest BCUT2D eigenvalue weighted by atomic mass is 32.1. The fourth-order valence-corrected chi connectivity index (χ4v) is 6.08. The molecule has 0 spiro atoms. The van der Waals surface area contributed by atoms with E-state index in [1.807, 2.05) is 13.8 Å². The molecule has 2 aliphatic rings. The van der Waals surface area contributed by atoms with Crippen LogP contribution in [-0.4, -0.2) is 19.3 Å².